The molecule has 1 atom stereocenters. The summed E-state index contributed by atoms with van der Waals surface area (Å²) in [4.78, 5) is 25.0. The fourth-order valence-corrected chi connectivity index (χ4v) is 1.87. The van der Waals surface area contributed by atoms with E-state index in [4.69, 9.17) is 0 Å². The Labute approximate surface area is 96.6 Å². The van der Waals surface area contributed by atoms with E-state index in [2.05, 4.69) is 10.6 Å². The largest absolute Gasteiger partial charge is 0.347 e. The number of hydrogen-bond donors (Lipinski definition) is 2. The molecule has 1 rings (SSSR count). The van der Waals surface area contributed by atoms with E-state index in [0.717, 1.165) is 19.5 Å². The van der Waals surface area contributed by atoms with Crippen LogP contribution in [0.25, 0.3) is 0 Å². The van der Waals surface area contributed by atoms with E-state index in [-0.39, 0.29) is 24.3 Å². The van der Waals surface area contributed by atoms with Crippen LogP contribution < -0.4 is 10.6 Å². The summed E-state index contributed by atoms with van der Waals surface area (Å²) < 4.78 is 0. The lowest BCUT2D eigenvalue weighted by Crippen LogP contribution is -2.42. The van der Waals surface area contributed by atoms with Crippen molar-refractivity contribution >= 4 is 11.8 Å². The lowest BCUT2D eigenvalue weighted by atomic mass is 10.1. The van der Waals surface area contributed by atoms with Crippen LogP contribution in [0, 0.1) is 5.92 Å². The van der Waals surface area contributed by atoms with Gasteiger partial charge in [0.15, 0.2) is 0 Å². The summed E-state index contributed by atoms with van der Waals surface area (Å²) >= 11 is 0. The van der Waals surface area contributed by atoms with Gasteiger partial charge in [-0.05, 0) is 26.8 Å². The van der Waals surface area contributed by atoms with Crippen molar-refractivity contribution in [1.82, 2.24) is 15.5 Å². The lowest BCUT2D eigenvalue weighted by molar-refractivity contribution is -0.133. The second-order valence-corrected chi connectivity index (χ2v) is 3.97. The second kappa shape index (κ2) is 6.48. The molecule has 1 aliphatic heterocycles. The molecular formula is C11H21N3O2. The molecule has 0 saturated carbocycles. The van der Waals surface area contributed by atoms with Crippen LogP contribution in [0.1, 0.15) is 20.3 Å². The number of nitrogens with one attached hydrogen (secondary N) is 2. The van der Waals surface area contributed by atoms with Gasteiger partial charge in [-0.25, -0.2) is 0 Å². The molecule has 1 unspecified atom stereocenters. The Morgan fingerprint density at radius 1 is 1.38 bits per heavy atom. The SMILES string of the molecule is CCN(CC)C(=O)CNC(=O)C1CCNC1. The molecule has 1 fully saturated rings. The second-order valence-electron chi connectivity index (χ2n) is 3.97. The molecule has 5 nitrogen and oxygen atoms in total. The summed E-state index contributed by atoms with van der Waals surface area (Å²) in [5, 5.41) is 5.83. The third-order valence-electron chi connectivity index (χ3n) is 2.96. The van der Waals surface area contributed by atoms with Gasteiger partial charge in [0, 0.05) is 19.6 Å². The van der Waals surface area contributed by atoms with Gasteiger partial charge in [-0.15, -0.1) is 0 Å². The number of rotatable bonds is 5. The minimum Gasteiger partial charge on any atom is -0.347 e. The molecule has 0 bridgehead atoms. The molecule has 0 aromatic heterocycles. The fourth-order valence-electron chi connectivity index (χ4n) is 1.87. The maximum Gasteiger partial charge on any atom is 0.241 e. The minimum atomic E-state index is -0.00990. The number of hydrogen-bond acceptors (Lipinski definition) is 3. The lowest BCUT2D eigenvalue weighted by Gasteiger charge is -2.19. The molecule has 2 amide bonds. The highest BCUT2D eigenvalue weighted by atomic mass is 16.2. The van der Waals surface area contributed by atoms with E-state index in [1.165, 1.54) is 0 Å². The van der Waals surface area contributed by atoms with Gasteiger partial charge in [-0.1, -0.05) is 0 Å². The molecule has 1 saturated heterocycles. The van der Waals surface area contributed by atoms with Crippen molar-refractivity contribution in [3.8, 4) is 0 Å². The molecule has 1 aliphatic rings. The van der Waals surface area contributed by atoms with E-state index in [1.54, 1.807) is 4.90 Å². The van der Waals surface area contributed by atoms with Crippen molar-refractivity contribution in [1.29, 1.82) is 0 Å². The van der Waals surface area contributed by atoms with Crippen molar-refractivity contribution in [3.05, 3.63) is 0 Å². The topological polar surface area (TPSA) is 61.4 Å². The van der Waals surface area contributed by atoms with Crippen LogP contribution in [0.3, 0.4) is 0 Å². The number of amides is 2. The van der Waals surface area contributed by atoms with Crippen molar-refractivity contribution in [2.24, 2.45) is 5.92 Å². The van der Waals surface area contributed by atoms with E-state index in [0.29, 0.717) is 13.1 Å². The monoisotopic (exact) mass is 227 g/mol. The zero-order valence-corrected chi connectivity index (χ0v) is 10.1. The fraction of sp³-hybridized carbons (Fsp3) is 0.818. The number of nitrogens with zero attached hydrogens (tertiary/aromatic N) is 1. The van der Waals surface area contributed by atoms with Crippen LogP contribution in [0.15, 0.2) is 0 Å². The molecule has 1 heterocycles. The molecule has 92 valence electrons. The summed E-state index contributed by atoms with van der Waals surface area (Å²) in [6.07, 6.45) is 0.866. The Morgan fingerprint density at radius 2 is 2.06 bits per heavy atom. The Kier molecular flexibility index (Phi) is 5.25. The standard InChI is InChI=1S/C11H21N3O2/c1-3-14(4-2)10(15)8-13-11(16)9-5-6-12-7-9/h9,12H,3-8H2,1-2H3,(H,13,16). The average molecular weight is 227 g/mol. The van der Waals surface area contributed by atoms with Gasteiger partial charge in [-0.2, -0.15) is 0 Å². The average Bonchev–Trinajstić information content (AvgIpc) is 2.81. The Hall–Kier alpha value is -1.10. The zero-order chi connectivity index (χ0) is 12.0. The maximum atomic E-state index is 11.6. The first-order valence-corrected chi connectivity index (χ1v) is 5.95. The van der Waals surface area contributed by atoms with Crippen molar-refractivity contribution in [3.63, 3.8) is 0 Å². The van der Waals surface area contributed by atoms with Crippen LogP contribution in [0.2, 0.25) is 0 Å². The van der Waals surface area contributed by atoms with Gasteiger partial charge < -0.3 is 15.5 Å². The molecule has 0 aliphatic carbocycles. The van der Waals surface area contributed by atoms with E-state index >= 15 is 0 Å². The van der Waals surface area contributed by atoms with Crippen molar-refractivity contribution in [2.45, 2.75) is 20.3 Å². The highest BCUT2D eigenvalue weighted by Gasteiger charge is 2.22. The normalized spacial score (nSPS) is 19.5. The molecule has 0 aromatic rings. The first kappa shape index (κ1) is 13.0. The van der Waals surface area contributed by atoms with Crippen LogP contribution in [0.5, 0.6) is 0 Å². The molecule has 0 spiro atoms. The van der Waals surface area contributed by atoms with Gasteiger partial charge in [0.2, 0.25) is 11.8 Å². The third kappa shape index (κ3) is 3.48. The van der Waals surface area contributed by atoms with E-state index in [1.807, 2.05) is 13.8 Å². The summed E-state index contributed by atoms with van der Waals surface area (Å²) in [5.74, 6) is 0.0133. The number of likely N-dealkylation sites (N-methyl/N-ethyl adjacent to an activating group) is 1. The zero-order valence-electron chi connectivity index (χ0n) is 10.1. The maximum absolute atomic E-state index is 11.6. The van der Waals surface area contributed by atoms with Crippen LogP contribution in [0.4, 0.5) is 0 Å². The predicted molar refractivity (Wildman–Crippen MR) is 61.9 cm³/mol. The smallest absolute Gasteiger partial charge is 0.241 e. The van der Waals surface area contributed by atoms with Crippen molar-refractivity contribution < 1.29 is 9.59 Å². The van der Waals surface area contributed by atoms with Crippen LogP contribution >= 0.6 is 0 Å². The van der Waals surface area contributed by atoms with Gasteiger partial charge in [0.1, 0.15) is 0 Å². The Balaban J connectivity index is 2.27. The van der Waals surface area contributed by atoms with Crippen LogP contribution in [-0.4, -0.2) is 49.4 Å². The third-order valence-corrected chi connectivity index (χ3v) is 2.96. The molecular weight excluding hydrogens is 206 g/mol. The molecule has 16 heavy (non-hydrogen) atoms. The Bertz CT molecular complexity index is 232. The highest BCUT2D eigenvalue weighted by molar-refractivity contribution is 5.86. The summed E-state index contributed by atoms with van der Waals surface area (Å²) in [5.41, 5.74) is 0. The number of carbonyl (C=O) groups excluding carboxylic acids is 2. The quantitative estimate of drug-likeness (QED) is 0.670. The molecule has 2 N–H and O–H groups in total. The van der Waals surface area contributed by atoms with Gasteiger partial charge in [0.05, 0.1) is 12.5 Å². The van der Waals surface area contributed by atoms with Crippen molar-refractivity contribution in [2.75, 3.05) is 32.7 Å². The summed E-state index contributed by atoms with van der Waals surface area (Å²) in [6.45, 7) is 6.99. The molecule has 5 heteroatoms. The predicted octanol–water partition coefficient (Wildman–Crippen LogP) is -0.419. The van der Waals surface area contributed by atoms with E-state index in [9.17, 15) is 9.59 Å². The van der Waals surface area contributed by atoms with Crippen LogP contribution in [-0.2, 0) is 9.59 Å². The minimum absolute atomic E-state index is 0.00879. The molecule has 0 radical (unpaired) electrons. The van der Waals surface area contributed by atoms with E-state index < -0.39 is 0 Å². The highest BCUT2D eigenvalue weighted by Crippen LogP contribution is 2.06. The Morgan fingerprint density at radius 3 is 2.56 bits per heavy atom. The first-order chi connectivity index (χ1) is 7.69. The van der Waals surface area contributed by atoms with Gasteiger partial charge >= 0.3 is 0 Å². The molecule has 0 aromatic carbocycles. The summed E-state index contributed by atoms with van der Waals surface area (Å²) in [6, 6.07) is 0. The first-order valence-electron chi connectivity index (χ1n) is 5.95. The number of carbonyl (C=O) groups is 2. The van der Waals surface area contributed by atoms with Gasteiger partial charge in [-0.3, -0.25) is 9.59 Å². The summed E-state index contributed by atoms with van der Waals surface area (Å²) in [7, 11) is 0. The van der Waals surface area contributed by atoms with Gasteiger partial charge in [0.25, 0.3) is 0 Å².